The van der Waals surface area contributed by atoms with Gasteiger partial charge in [0.2, 0.25) is 0 Å². The van der Waals surface area contributed by atoms with Crippen LogP contribution in [0.25, 0.3) is 0 Å². The van der Waals surface area contributed by atoms with Gasteiger partial charge in [0, 0.05) is 11.1 Å². The summed E-state index contributed by atoms with van der Waals surface area (Å²) in [4.78, 5) is 12.3. The molecule has 1 N–H and O–H groups in total. The van der Waals surface area contributed by atoms with E-state index in [9.17, 15) is 9.90 Å². The van der Waals surface area contributed by atoms with Crippen molar-refractivity contribution in [1.82, 2.24) is 0 Å². The molecule has 0 radical (unpaired) electrons. The van der Waals surface area contributed by atoms with Crippen molar-refractivity contribution in [2.24, 2.45) is 0 Å². The Labute approximate surface area is 126 Å². The Kier molecular flexibility index (Phi) is 5.70. The molecule has 2 aromatic rings. The van der Waals surface area contributed by atoms with Crippen molar-refractivity contribution in [3.05, 3.63) is 71.3 Å². The van der Waals surface area contributed by atoms with E-state index in [1.807, 2.05) is 42.5 Å². The van der Waals surface area contributed by atoms with E-state index in [2.05, 4.69) is 6.92 Å². The molecule has 110 valence electrons. The Balaban J connectivity index is 2.03. The van der Waals surface area contributed by atoms with E-state index >= 15 is 0 Å². The first-order valence-corrected chi connectivity index (χ1v) is 7.60. The van der Waals surface area contributed by atoms with Gasteiger partial charge >= 0.3 is 0 Å². The molecule has 0 aliphatic carbocycles. The summed E-state index contributed by atoms with van der Waals surface area (Å²) in [5, 5.41) is 10.1. The second-order valence-corrected chi connectivity index (χ2v) is 5.33. The van der Waals surface area contributed by atoms with Crippen molar-refractivity contribution >= 4 is 5.78 Å². The van der Waals surface area contributed by atoms with Crippen molar-refractivity contribution in [2.75, 3.05) is 0 Å². The maximum atomic E-state index is 12.3. The highest BCUT2D eigenvalue weighted by Crippen LogP contribution is 2.21. The smallest absolute Gasteiger partial charge is 0.193 e. The zero-order chi connectivity index (χ0) is 15.1. The average Bonchev–Trinajstić information content (AvgIpc) is 2.55. The number of rotatable bonds is 7. The van der Waals surface area contributed by atoms with Crippen molar-refractivity contribution in [3.63, 3.8) is 0 Å². The van der Waals surface area contributed by atoms with Gasteiger partial charge in [0.15, 0.2) is 5.78 Å². The Morgan fingerprint density at radius 3 is 2.19 bits per heavy atom. The molecule has 0 aliphatic rings. The molecule has 0 bridgehead atoms. The zero-order valence-electron chi connectivity index (χ0n) is 12.5. The number of hydrogen-bond donors (Lipinski definition) is 1. The highest BCUT2D eigenvalue weighted by molar-refractivity contribution is 6.08. The summed E-state index contributed by atoms with van der Waals surface area (Å²) < 4.78 is 0. The van der Waals surface area contributed by atoms with Crippen LogP contribution in [0.1, 0.15) is 60.2 Å². The maximum Gasteiger partial charge on any atom is 0.193 e. The normalized spacial score (nSPS) is 12.1. The van der Waals surface area contributed by atoms with Crippen LogP contribution in [0.5, 0.6) is 0 Å². The van der Waals surface area contributed by atoms with E-state index in [0.29, 0.717) is 11.1 Å². The molecule has 0 saturated carbocycles. The third-order valence-electron chi connectivity index (χ3n) is 3.67. The minimum absolute atomic E-state index is 0.0163. The predicted molar refractivity (Wildman–Crippen MR) is 85.4 cm³/mol. The third-order valence-corrected chi connectivity index (χ3v) is 3.67. The fourth-order valence-electron chi connectivity index (χ4n) is 2.37. The molecule has 2 heteroatoms. The second-order valence-electron chi connectivity index (χ2n) is 5.33. The number of benzene rings is 2. The summed E-state index contributed by atoms with van der Waals surface area (Å²) in [7, 11) is 0. The van der Waals surface area contributed by atoms with Gasteiger partial charge in [-0.05, 0) is 12.0 Å². The highest BCUT2D eigenvalue weighted by Gasteiger charge is 2.11. The molecule has 1 atom stereocenters. The second kappa shape index (κ2) is 7.75. The number of ketones is 1. The Bertz CT molecular complexity index is 558. The minimum atomic E-state index is -0.433. The Morgan fingerprint density at radius 1 is 0.952 bits per heavy atom. The van der Waals surface area contributed by atoms with E-state index in [0.717, 1.165) is 31.2 Å². The summed E-state index contributed by atoms with van der Waals surface area (Å²) in [6.07, 6.45) is 3.67. The van der Waals surface area contributed by atoms with Crippen LogP contribution in [0.15, 0.2) is 54.6 Å². The number of unbranched alkanes of at least 4 members (excludes halogenated alkanes) is 2. The first-order chi connectivity index (χ1) is 10.2. The number of carbonyl (C=O) groups excluding carboxylic acids is 1. The lowest BCUT2D eigenvalue weighted by Crippen LogP contribution is -2.02. The Hall–Kier alpha value is -1.93. The third kappa shape index (κ3) is 4.27. The standard InChI is InChI=1S/C19H22O2/c1-2-3-5-10-18(20)15-11-13-17(14-12-15)19(21)16-8-6-4-7-9-16/h4,6-9,11-14,18,20H,2-3,5,10H2,1H3/t18-/m1/s1. The fourth-order valence-corrected chi connectivity index (χ4v) is 2.37. The van der Waals surface area contributed by atoms with Crippen molar-refractivity contribution in [1.29, 1.82) is 0 Å². The Morgan fingerprint density at radius 2 is 1.57 bits per heavy atom. The van der Waals surface area contributed by atoms with E-state index in [4.69, 9.17) is 0 Å². The minimum Gasteiger partial charge on any atom is -0.388 e. The maximum absolute atomic E-state index is 12.3. The molecule has 0 spiro atoms. The van der Waals surface area contributed by atoms with Crippen molar-refractivity contribution in [2.45, 2.75) is 38.7 Å². The molecule has 0 aliphatic heterocycles. The molecule has 21 heavy (non-hydrogen) atoms. The summed E-state index contributed by atoms with van der Waals surface area (Å²) in [6, 6.07) is 16.6. The fraction of sp³-hybridized carbons (Fsp3) is 0.316. The lowest BCUT2D eigenvalue weighted by atomic mass is 9.98. The quantitative estimate of drug-likeness (QED) is 0.598. The molecule has 0 fully saturated rings. The van der Waals surface area contributed by atoms with Crippen molar-refractivity contribution in [3.8, 4) is 0 Å². The SMILES string of the molecule is CCCCC[C@@H](O)c1ccc(C(=O)c2ccccc2)cc1. The van der Waals surface area contributed by atoms with E-state index in [1.54, 1.807) is 12.1 Å². The summed E-state index contributed by atoms with van der Waals surface area (Å²) in [5.74, 6) is 0.0163. The number of hydrogen-bond acceptors (Lipinski definition) is 2. The van der Waals surface area contributed by atoms with E-state index in [1.165, 1.54) is 0 Å². The van der Waals surface area contributed by atoms with Gasteiger partial charge in [-0.3, -0.25) is 4.79 Å². The summed E-state index contributed by atoms with van der Waals surface area (Å²) in [5.41, 5.74) is 2.23. The number of aliphatic hydroxyl groups excluding tert-OH is 1. The van der Waals surface area contributed by atoms with Gasteiger partial charge < -0.3 is 5.11 Å². The van der Waals surface area contributed by atoms with Crippen LogP contribution >= 0.6 is 0 Å². The average molecular weight is 282 g/mol. The van der Waals surface area contributed by atoms with Crippen LogP contribution in [-0.2, 0) is 0 Å². The first kappa shape index (κ1) is 15.5. The molecule has 2 nitrogen and oxygen atoms in total. The molecule has 0 unspecified atom stereocenters. The molecule has 0 heterocycles. The lowest BCUT2D eigenvalue weighted by molar-refractivity contribution is 0.103. The van der Waals surface area contributed by atoms with E-state index in [-0.39, 0.29) is 5.78 Å². The molecule has 0 saturated heterocycles. The van der Waals surface area contributed by atoms with Gasteiger partial charge in [0.05, 0.1) is 6.10 Å². The number of carbonyl (C=O) groups is 1. The predicted octanol–water partition coefficient (Wildman–Crippen LogP) is 4.53. The van der Waals surface area contributed by atoms with Gasteiger partial charge in [-0.1, -0.05) is 80.8 Å². The zero-order valence-corrected chi connectivity index (χ0v) is 12.5. The summed E-state index contributed by atoms with van der Waals surface area (Å²) >= 11 is 0. The van der Waals surface area contributed by atoms with Gasteiger partial charge in [0.25, 0.3) is 0 Å². The molecule has 2 aromatic carbocycles. The molecule has 0 amide bonds. The molecular weight excluding hydrogens is 260 g/mol. The van der Waals surface area contributed by atoms with Crippen molar-refractivity contribution < 1.29 is 9.90 Å². The van der Waals surface area contributed by atoms with Crippen LogP contribution in [0.2, 0.25) is 0 Å². The monoisotopic (exact) mass is 282 g/mol. The van der Waals surface area contributed by atoms with Gasteiger partial charge in [0.1, 0.15) is 0 Å². The topological polar surface area (TPSA) is 37.3 Å². The van der Waals surface area contributed by atoms with Crippen LogP contribution in [0, 0.1) is 0 Å². The first-order valence-electron chi connectivity index (χ1n) is 7.60. The molecule has 0 aromatic heterocycles. The van der Waals surface area contributed by atoms with Gasteiger partial charge in [-0.2, -0.15) is 0 Å². The largest absolute Gasteiger partial charge is 0.388 e. The van der Waals surface area contributed by atoms with Gasteiger partial charge in [-0.15, -0.1) is 0 Å². The summed E-state index contributed by atoms with van der Waals surface area (Å²) in [6.45, 7) is 2.15. The molecular formula is C19H22O2. The van der Waals surface area contributed by atoms with Gasteiger partial charge in [-0.25, -0.2) is 0 Å². The van der Waals surface area contributed by atoms with Crippen LogP contribution in [-0.4, -0.2) is 10.9 Å². The number of aliphatic hydroxyl groups is 1. The van der Waals surface area contributed by atoms with Crippen LogP contribution in [0.3, 0.4) is 0 Å². The molecule has 2 rings (SSSR count). The highest BCUT2D eigenvalue weighted by atomic mass is 16.3. The van der Waals surface area contributed by atoms with E-state index < -0.39 is 6.10 Å². The van der Waals surface area contributed by atoms with Crippen LogP contribution in [0.4, 0.5) is 0 Å². The van der Waals surface area contributed by atoms with Crippen LogP contribution < -0.4 is 0 Å². The lowest BCUT2D eigenvalue weighted by Gasteiger charge is -2.11.